The molecule has 0 aliphatic carbocycles. The Morgan fingerprint density at radius 1 is 1.07 bits per heavy atom. The second-order valence-electron chi connectivity index (χ2n) is 6.41. The van der Waals surface area contributed by atoms with Crippen molar-refractivity contribution in [2.24, 2.45) is 0 Å². The van der Waals surface area contributed by atoms with Crippen LogP contribution in [0.1, 0.15) is 24.4 Å². The molecule has 0 spiro atoms. The van der Waals surface area contributed by atoms with Gasteiger partial charge < -0.3 is 4.74 Å². The molecular weight excluding hydrogens is 393 g/mol. The van der Waals surface area contributed by atoms with E-state index in [1.165, 1.54) is 4.31 Å². The molecule has 9 heteroatoms. The maximum Gasteiger partial charge on any atom is 0.243 e. The third-order valence-electron chi connectivity index (χ3n) is 4.61. The van der Waals surface area contributed by atoms with E-state index in [1.807, 2.05) is 12.1 Å². The van der Waals surface area contributed by atoms with Gasteiger partial charge in [-0.1, -0.05) is 12.1 Å². The van der Waals surface area contributed by atoms with E-state index in [9.17, 15) is 21.2 Å². The first kappa shape index (κ1) is 19.8. The van der Waals surface area contributed by atoms with Crippen molar-refractivity contribution >= 4 is 19.9 Å². The maximum absolute atomic E-state index is 13.8. The molecule has 3 rings (SSSR count). The van der Waals surface area contributed by atoms with Crippen molar-refractivity contribution in [2.75, 3.05) is 19.9 Å². The summed E-state index contributed by atoms with van der Waals surface area (Å²) in [5.41, 5.74) is 0.822. The molecule has 146 valence electrons. The number of hydrogen-bond acceptors (Lipinski definition) is 5. The van der Waals surface area contributed by atoms with E-state index in [2.05, 4.69) is 0 Å². The monoisotopic (exact) mass is 413 g/mol. The Labute approximate surface area is 158 Å². The third kappa shape index (κ3) is 3.85. The molecule has 27 heavy (non-hydrogen) atoms. The molecule has 1 aliphatic heterocycles. The average Bonchev–Trinajstić information content (AvgIpc) is 3.11. The van der Waals surface area contributed by atoms with E-state index in [-0.39, 0.29) is 10.9 Å². The minimum atomic E-state index is -3.98. The first-order valence-corrected chi connectivity index (χ1v) is 11.6. The highest BCUT2D eigenvalue weighted by Gasteiger charge is 2.36. The Morgan fingerprint density at radius 3 is 2.33 bits per heavy atom. The van der Waals surface area contributed by atoms with Crippen LogP contribution < -0.4 is 4.74 Å². The van der Waals surface area contributed by atoms with Gasteiger partial charge in [-0.15, -0.1) is 0 Å². The molecule has 6 nitrogen and oxygen atoms in total. The Kier molecular flexibility index (Phi) is 5.29. The molecule has 0 radical (unpaired) electrons. The topological polar surface area (TPSA) is 80.8 Å². The van der Waals surface area contributed by atoms with E-state index < -0.39 is 30.6 Å². The van der Waals surface area contributed by atoms with Gasteiger partial charge in [0.25, 0.3) is 0 Å². The van der Waals surface area contributed by atoms with Gasteiger partial charge in [0.05, 0.1) is 18.0 Å². The van der Waals surface area contributed by atoms with E-state index in [0.717, 1.165) is 30.0 Å². The molecule has 1 heterocycles. The van der Waals surface area contributed by atoms with Gasteiger partial charge in [-0.3, -0.25) is 0 Å². The minimum absolute atomic E-state index is 0.232. The van der Waals surface area contributed by atoms with Crippen LogP contribution >= 0.6 is 0 Å². The fourth-order valence-electron chi connectivity index (χ4n) is 3.25. The first-order chi connectivity index (χ1) is 12.6. The third-order valence-corrected chi connectivity index (χ3v) is 7.63. The van der Waals surface area contributed by atoms with Crippen LogP contribution in [0.5, 0.6) is 5.75 Å². The van der Waals surface area contributed by atoms with Crippen molar-refractivity contribution in [3.63, 3.8) is 0 Å². The van der Waals surface area contributed by atoms with Gasteiger partial charge in [-0.05, 0) is 48.7 Å². The lowest BCUT2D eigenvalue weighted by molar-refractivity contribution is 0.394. The van der Waals surface area contributed by atoms with Crippen LogP contribution in [0, 0.1) is 5.82 Å². The number of halogens is 1. The van der Waals surface area contributed by atoms with Gasteiger partial charge >= 0.3 is 0 Å². The second-order valence-corrected chi connectivity index (χ2v) is 10.3. The number of rotatable bonds is 5. The van der Waals surface area contributed by atoms with Crippen LogP contribution in [-0.2, 0) is 19.9 Å². The summed E-state index contributed by atoms with van der Waals surface area (Å²) in [6.07, 6.45) is 2.17. The van der Waals surface area contributed by atoms with Gasteiger partial charge in [0.2, 0.25) is 10.0 Å². The Bertz CT molecular complexity index is 1050. The van der Waals surface area contributed by atoms with Crippen molar-refractivity contribution in [1.29, 1.82) is 0 Å². The summed E-state index contributed by atoms with van der Waals surface area (Å²) in [5, 5.41) is 0. The predicted molar refractivity (Wildman–Crippen MR) is 98.4 cm³/mol. The van der Waals surface area contributed by atoms with Crippen LogP contribution in [0.4, 0.5) is 4.39 Å². The number of sulfone groups is 1. The predicted octanol–water partition coefficient (Wildman–Crippen LogP) is 2.76. The quantitative estimate of drug-likeness (QED) is 0.753. The van der Waals surface area contributed by atoms with Crippen LogP contribution in [0.2, 0.25) is 0 Å². The van der Waals surface area contributed by atoms with Crippen molar-refractivity contribution in [2.45, 2.75) is 28.7 Å². The normalized spacial score (nSPS) is 18.6. The molecule has 2 aromatic carbocycles. The zero-order valence-corrected chi connectivity index (χ0v) is 16.6. The average molecular weight is 413 g/mol. The molecule has 1 atom stereocenters. The standard InChI is InChI=1S/C18H20FNO5S2/c1-25-14-7-5-13(6-8-14)17-4-3-11-20(17)27(23,24)15-9-10-16(19)18(12-15)26(2,21)22/h5-10,12,17H,3-4,11H2,1-2H3. The minimum Gasteiger partial charge on any atom is -0.497 e. The highest BCUT2D eigenvalue weighted by atomic mass is 32.2. The van der Waals surface area contributed by atoms with Gasteiger partial charge in [-0.2, -0.15) is 4.31 Å². The Hall–Kier alpha value is -1.97. The lowest BCUT2D eigenvalue weighted by atomic mass is 10.1. The molecule has 0 N–H and O–H groups in total. The number of sulfonamides is 1. The number of nitrogens with zero attached hydrogens (tertiary/aromatic N) is 1. The van der Waals surface area contributed by atoms with Gasteiger partial charge in [-0.25, -0.2) is 21.2 Å². The fourth-order valence-corrected chi connectivity index (χ4v) is 5.80. The summed E-state index contributed by atoms with van der Waals surface area (Å²) in [7, 11) is -6.31. The number of ether oxygens (including phenoxy) is 1. The van der Waals surface area contributed by atoms with E-state index in [1.54, 1.807) is 19.2 Å². The molecule has 1 fully saturated rings. The first-order valence-electron chi connectivity index (χ1n) is 8.30. The Morgan fingerprint density at radius 2 is 1.74 bits per heavy atom. The van der Waals surface area contributed by atoms with Crippen molar-refractivity contribution in [3.05, 3.63) is 53.8 Å². The fraction of sp³-hybridized carbons (Fsp3) is 0.333. The SMILES string of the molecule is COc1ccc(C2CCCN2S(=O)(=O)c2ccc(F)c(S(C)(=O)=O)c2)cc1. The molecule has 1 aliphatic rings. The molecule has 1 saturated heterocycles. The Balaban J connectivity index is 2.00. The zero-order valence-electron chi connectivity index (χ0n) is 14.9. The summed E-state index contributed by atoms with van der Waals surface area (Å²) >= 11 is 0. The largest absolute Gasteiger partial charge is 0.497 e. The van der Waals surface area contributed by atoms with Crippen LogP contribution in [0.25, 0.3) is 0 Å². The number of benzene rings is 2. The highest BCUT2D eigenvalue weighted by Crippen LogP contribution is 2.37. The van der Waals surface area contributed by atoms with E-state index in [4.69, 9.17) is 4.74 Å². The summed E-state index contributed by atoms with van der Waals surface area (Å²) < 4.78 is 70.0. The second kappa shape index (κ2) is 7.21. The van der Waals surface area contributed by atoms with Crippen molar-refractivity contribution in [3.8, 4) is 5.75 Å². The molecular formula is C18H20FNO5S2. The lowest BCUT2D eigenvalue weighted by Gasteiger charge is -2.25. The van der Waals surface area contributed by atoms with Gasteiger partial charge in [0.1, 0.15) is 16.5 Å². The molecule has 1 unspecified atom stereocenters. The molecule has 0 saturated carbocycles. The van der Waals surface area contributed by atoms with Crippen molar-refractivity contribution < 1.29 is 26.0 Å². The highest BCUT2D eigenvalue weighted by molar-refractivity contribution is 7.91. The van der Waals surface area contributed by atoms with Crippen molar-refractivity contribution in [1.82, 2.24) is 4.31 Å². The van der Waals surface area contributed by atoms with Crippen LogP contribution in [0.3, 0.4) is 0 Å². The van der Waals surface area contributed by atoms with E-state index >= 15 is 0 Å². The van der Waals surface area contributed by atoms with Crippen LogP contribution in [0.15, 0.2) is 52.3 Å². The molecule has 0 aromatic heterocycles. The van der Waals surface area contributed by atoms with E-state index in [0.29, 0.717) is 25.1 Å². The molecule has 0 bridgehead atoms. The lowest BCUT2D eigenvalue weighted by Crippen LogP contribution is -2.30. The summed E-state index contributed by atoms with van der Waals surface area (Å²) in [4.78, 5) is -0.853. The van der Waals surface area contributed by atoms with Crippen LogP contribution in [-0.4, -0.2) is 41.1 Å². The number of methoxy groups -OCH3 is 1. The molecule has 2 aromatic rings. The smallest absolute Gasteiger partial charge is 0.243 e. The van der Waals surface area contributed by atoms with Gasteiger partial charge in [0.15, 0.2) is 9.84 Å². The molecule has 0 amide bonds. The summed E-state index contributed by atoms with van der Waals surface area (Å²) in [6.45, 7) is 0.310. The maximum atomic E-state index is 13.8. The summed E-state index contributed by atoms with van der Waals surface area (Å²) in [5.74, 6) is -0.299. The van der Waals surface area contributed by atoms with Gasteiger partial charge in [0, 0.05) is 12.8 Å². The summed E-state index contributed by atoms with van der Waals surface area (Å²) in [6, 6.07) is 9.64. The zero-order chi connectivity index (χ0) is 19.8. The number of hydrogen-bond donors (Lipinski definition) is 0.